The summed E-state index contributed by atoms with van der Waals surface area (Å²) in [5.41, 5.74) is 0.495. The van der Waals surface area contributed by atoms with E-state index in [2.05, 4.69) is 0 Å². The van der Waals surface area contributed by atoms with Crippen molar-refractivity contribution in [3.8, 4) is 0 Å². The van der Waals surface area contributed by atoms with Gasteiger partial charge >= 0.3 is 0 Å². The maximum atomic E-state index is 9.53. The largest absolute Gasteiger partial charge is 0.510 e. The molecule has 0 aromatic carbocycles. The Balaban J connectivity index is 2.89. The van der Waals surface area contributed by atoms with Crippen LogP contribution in [-0.2, 0) is 4.74 Å². The molecule has 15 heavy (non-hydrogen) atoms. The van der Waals surface area contributed by atoms with Crippen LogP contribution in [0.5, 0.6) is 0 Å². The van der Waals surface area contributed by atoms with Gasteiger partial charge in [-0.1, -0.05) is 0 Å². The second-order valence-corrected chi connectivity index (χ2v) is 3.80. The zero-order valence-corrected chi connectivity index (χ0v) is 8.53. The number of allylic oxidation sites excluding steroid dienone is 1. The van der Waals surface area contributed by atoms with Gasteiger partial charge in [0.15, 0.2) is 6.29 Å². The van der Waals surface area contributed by atoms with Gasteiger partial charge in [0.1, 0.15) is 30.2 Å². The average Bonchev–Trinajstić information content (AvgIpc) is 2.19. The number of hydrogen-bond donors (Lipinski definition) is 5. The molecule has 1 saturated heterocycles. The lowest BCUT2D eigenvalue weighted by molar-refractivity contribution is -0.278. The minimum atomic E-state index is -1.63. The molecule has 88 valence electrons. The first-order valence-electron chi connectivity index (χ1n) is 4.60. The summed E-state index contributed by atoms with van der Waals surface area (Å²) in [7, 11) is 0. The summed E-state index contributed by atoms with van der Waals surface area (Å²) in [6, 6.07) is 0. The molecule has 0 bridgehead atoms. The van der Waals surface area contributed by atoms with Crippen LogP contribution in [0.1, 0.15) is 13.8 Å². The van der Waals surface area contributed by atoms with Crippen molar-refractivity contribution >= 4 is 0 Å². The van der Waals surface area contributed by atoms with E-state index in [1.165, 1.54) is 0 Å². The third-order valence-corrected chi connectivity index (χ3v) is 2.37. The van der Waals surface area contributed by atoms with Crippen LogP contribution in [0.25, 0.3) is 0 Å². The van der Waals surface area contributed by atoms with Gasteiger partial charge in [0.05, 0.1) is 0 Å². The highest BCUT2D eigenvalue weighted by Crippen LogP contribution is 2.24. The van der Waals surface area contributed by atoms with E-state index in [1.807, 2.05) is 0 Å². The fraction of sp³-hybridized carbons (Fsp3) is 0.778. The summed E-state index contributed by atoms with van der Waals surface area (Å²) in [4.78, 5) is 0. The van der Waals surface area contributed by atoms with E-state index in [9.17, 15) is 25.5 Å². The average molecular weight is 220 g/mol. The Hall–Kier alpha value is -0.660. The minimum absolute atomic E-state index is 0.257. The molecule has 1 aliphatic rings. The predicted molar refractivity (Wildman–Crippen MR) is 49.9 cm³/mol. The lowest BCUT2D eigenvalue weighted by Gasteiger charge is -2.38. The van der Waals surface area contributed by atoms with Crippen molar-refractivity contribution in [2.45, 2.75) is 44.6 Å². The van der Waals surface area contributed by atoms with Crippen LogP contribution in [0.15, 0.2) is 11.3 Å². The first-order valence-corrected chi connectivity index (χ1v) is 4.60. The van der Waals surface area contributed by atoms with Crippen LogP contribution in [0.3, 0.4) is 0 Å². The van der Waals surface area contributed by atoms with Gasteiger partial charge in [0.2, 0.25) is 0 Å². The van der Waals surface area contributed by atoms with Crippen LogP contribution in [0, 0.1) is 0 Å². The van der Waals surface area contributed by atoms with Gasteiger partial charge in [-0.05, 0) is 19.4 Å². The third kappa shape index (κ3) is 2.30. The topological polar surface area (TPSA) is 110 Å². The van der Waals surface area contributed by atoms with E-state index >= 15 is 0 Å². The zero-order valence-electron chi connectivity index (χ0n) is 8.53. The first-order chi connectivity index (χ1) is 6.86. The normalized spacial score (nSPS) is 41.3. The van der Waals surface area contributed by atoms with Gasteiger partial charge in [-0.15, -0.1) is 0 Å². The molecule has 0 saturated carbocycles. The molecule has 5 atom stereocenters. The molecule has 1 aliphatic heterocycles. The quantitative estimate of drug-likeness (QED) is 0.349. The van der Waals surface area contributed by atoms with Crippen LogP contribution < -0.4 is 0 Å². The van der Waals surface area contributed by atoms with Crippen molar-refractivity contribution in [2.24, 2.45) is 0 Å². The Morgan fingerprint density at radius 2 is 1.47 bits per heavy atom. The molecule has 0 aromatic heterocycles. The predicted octanol–water partition coefficient (Wildman–Crippen LogP) is -1.36. The highest BCUT2D eigenvalue weighted by Gasteiger charge is 2.44. The standard InChI is InChI=1S/C9H16O6/c1-3(2)4(10)8-6(12)5(11)7(13)9(14)15-8/h5-14H,1-2H3/t5-,6-,7-,8+,9-/m0/s1. The van der Waals surface area contributed by atoms with Crippen LogP contribution in [0.4, 0.5) is 0 Å². The molecular formula is C9H16O6. The molecule has 6 heteroatoms. The molecule has 6 nitrogen and oxygen atoms in total. The Morgan fingerprint density at radius 3 is 1.93 bits per heavy atom. The summed E-state index contributed by atoms with van der Waals surface area (Å²) in [6.07, 6.45) is -7.46. The minimum Gasteiger partial charge on any atom is -0.510 e. The molecule has 0 unspecified atom stereocenters. The number of aliphatic hydroxyl groups excluding tert-OH is 5. The highest BCUT2D eigenvalue weighted by atomic mass is 16.6. The number of ether oxygens (including phenoxy) is 1. The maximum absolute atomic E-state index is 9.53. The second-order valence-electron chi connectivity index (χ2n) is 3.80. The summed E-state index contributed by atoms with van der Waals surface area (Å²) in [5, 5.41) is 46.7. The summed E-state index contributed by atoms with van der Waals surface area (Å²) < 4.78 is 4.79. The van der Waals surface area contributed by atoms with Crippen molar-refractivity contribution in [3.05, 3.63) is 11.3 Å². The fourth-order valence-electron chi connectivity index (χ4n) is 1.37. The smallest absolute Gasteiger partial charge is 0.184 e. The zero-order chi connectivity index (χ0) is 11.7. The molecular weight excluding hydrogens is 204 g/mol. The van der Waals surface area contributed by atoms with Crippen molar-refractivity contribution in [3.63, 3.8) is 0 Å². The maximum Gasteiger partial charge on any atom is 0.184 e. The molecule has 0 aliphatic carbocycles. The van der Waals surface area contributed by atoms with Gasteiger partial charge in [-0.25, -0.2) is 0 Å². The van der Waals surface area contributed by atoms with E-state index in [0.29, 0.717) is 5.57 Å². The number of rotatable bonds is 1. The molecule has 1 fully saturated rings. The summed E-state index contributed by atoms with van der Waals surface area (Å²) >= 11 is 0. The van der Waals surface area contributed by atoms with Crippen LogP contribution >= 0.6 is 0 Å². The van der Waals surface area contributed by atoms with Gasteiger partial charge in [-0.2, -0.15) is 0 Å². The molecule has 1 heterocycles. The van der Waals surface area contributed by atoms with Crippen LogP contribution in [0.2, 0.25) is 0 Å². The van der Waals surface area contributed by atoms with Crippen molar-refractivity contribution < 1.29 is 30.3 Å². The molecule has 0 radical (unpaired) electrons. The molecule has 0 spiro atoms. The molecule has 5 N–H and O–H groups in total. The van der Waals surface area contributed by atoms with Gasteiger partial charge in [0.25, 0.3) is 0 Å². The molecule has 0 aromatic rings. The lowest BCUT2D eigenvalue weighted by atomic mass is 9.96. The third-order valence-electron chi connectivity index (χ3n) is 2.37. The van der Waals surface area contributed by atoms with Gasteiger partial charge < -0.3 is 30.3 Å². The Labute approximate surface area is 87.0 Å². The SMILES string of the molecule is CC(C)=C(O)[C@H]1O[C@H](O)[C@@H](O)[C@@H](O)[C@@H]1O. The van der Waals surface area contributed by atoms with E-state index in [0.717, 1.165) is 0 Å². The summed E-state index contributed by atoms with van der Waals surface area (Å²) in [5.74, 6) is -0.257. The van der Waals surface area contributed by atoms with Crippen molar-refractivity contribution in [1.29, 1.82) is 0 Å². The van der Waals surface area contributed by atoms with E-state index in [-0.39, 0.29) is 5.76 Å². The fourth-order valence-corrected chi connectivity index (χ4v) is 1.37. The first kappa shape index (κ1) is 12.4. The van der Waals surface area contributed by atoms with Crippen molar-refractivity contribution in [1.82, 2.24) is 0 Å². The Kier molecular flexibility index (Phi) is 3.69. The van der Waals surface area contributed by atoms with E-state index in [1.54, 1.807) is 13.8 Å². The van der Waals surface area contributed by atoms with Gasteiger partial charge in [0, 0.05) is 0 Å². The van der Waals surface area contributed by atoms with Crippen molar-refractivity contribution in [2.75, 3.05) is 0 Å². The monoisotopic (exact) mass is 220 g/mol. The highest BCUT2D eigenvalue weighted by molar-refractivity contribution is 5.11. The second kappa shape index (κ2) is 4.46. The number of aliphatic hydroxyl groups is 5. The molecule has 0 amide bonds. The van der Waals surface area contributed by atoms with Crippen LogP contribution in [-0.4, -0.2) is 56.2 Å². The van der Waals surface area contributed by atoms with E-state index < -0.39 is 30.7 Å². The number of hydrogen-bond acceptors (Lipinski definition) is 6. The van der Waals surface area contributed by atoms with Gasteiger partial charge in [-0.3, -0.25) is 0 Å². The Morgan fingerprint density at radius 1 is 0.933 bits per heavy atom. The Bertz CT molecular complexity index is 259. The molecule has 1 rings (SSSR count). The lowest BCUT2D eigenvalue weighted by Crippen LogP contribution is -2.58. The van der Waals surface area contributed by atoms with E-state index in [4.69, 9.17) is 4.74 Å². The summed E-state index contributed by atoms with van der Waals surface area (Å²) in [6.45, 7) is 3.18.